The molecule has 1 aromatic heterocycles. The number of carbonyl (C=O) groups is 2. The van der Waals surface area contributed by atoms with Crippen LogP contribution >= 0.6 is 22.6 Å². The number of carbonyl (C=O) groups excluding carboxylic acids is 2. The Balaban J connectivity index is 1.44. The van der Waals surface area contributed by atoms with Crippen molar-refractivity contribution in [1.82, 2.24) is 25.0 Å². The van der Waals surface area contributed by atoms with Crippen LogP contribution in [0.25, 0.3) is 11.1 Å². The van der Waals surface area contributed by atoms with E-state index in [1.54, 1.807) is 12.1 Å². The topological polar surface area (TPSA) is 69.6 Å². The number of hydrogen-bond acceptors (Lipinski definition) is 4. The van der Waals surface area contributed by atoms with Crippen molar-refractivity contribution in [3.8, 4) is 11.1 Å². The van der Waals surface area contributed by atoms with E-state index in [9.17, 15) is 14.0 Å². The summed E-state index contributed by atoms with van der Waals surface area (Å²) in [6.07, 6.45) is 0.271. The van der Waals surface area contributed by atoms with Crippen LogP contribution in [0.2, 0.25) is 0 Å². The van der Waals surface area contributed by atoms with Crippen LogP contribution in [-0.2, 0) is 4.79 Å². The van der Waals surface area contributed by atoms with Crippen LogP contribution in [0, 0.1) is 9.52 Å². The normalized spacial score (nSPS) is 20.5. The Morgan fingerprint density at radius 3 is 2.75 bits per heavy atom. The first-order valence-electron chi connectivity index (χ1n) is 11.0. The average Bonchev–Trinajstić information content (AvgIpc) is 3.10. The minimum Gasteiger partial charge on any atom is -0.352 e. The molecule has 2 atom stereocenters. The highest BCUT2D eigenvalue weighted by Gasteiger charge is 2.31. The summed E-state index contributed by atoms with van der Waals surface area (Å²) in [5.41, 5.74) is 2.02. The lowest BCUT2D eigenvalue weighted by atomic mass is 10.1. The molecule has 4 rings (SSSR count). The van der Waals surface area contributed by atoms with E-state index in [0.29, 0.717) is 17.8 Å². The summed E-state index contributed by atoms with van der Waals surface area (Å²) in [4.78, 5) is 30.0. The molecule has 7 nitrogen and oxygen atoms in total. The lowest BCUT2D eigenvalue weighted by molar-refractivity contribution is -0.122. The number of nitrogens with one attached hydrogen (secondary N) is 2. The molecule has 32 heavy (non-hydrogen) atoms. The molecule has 1 fully saturated rings. The van der Waals surface area contributed by atoms with Crippen molar-refractivity contribution in [2.24, 2.45) is 0 Å². The van der Waals surface area contributed by atoms with Gasteiger partial charge in [0.2, 0.25) is 5.91 Å². The van der Waals surface area contributed by atoms with Crippen molar-refractivity contribution in [3.63, 3.8) is 0 Å². The van der Waals surface area contributed by atoms with E-state index in [0.717, 1.165) is 42.0 Å². The summed E-state index contributed by atoms with van der Waals surface area (Å²) in [6.45, 7) is 7.37. The van der Waals surface area contributed by atoms with Gasteiger partial charge in [0.05, 0.1) is 9.74 Å². The molecule has 2 aliphatic heterocycles. The third-order valence-corrected chi connectivity index (χ3v) is 7.26. The maximum Gasteiger partial charge on any atom is 0.268 e. The molecule has 3 heterocycles. The van der Waals surface area contributed by atoms with Gasteiger partial charge in [0.25, 0.3) is 5.91 Å². The predicted octanol–water partition coefficient (Wildman–Crippen LogP) is 2.33. The second kappa shape index (κ2) is 9.88. The number of hydrogen-bond donors (Lipinski definition) is 2. The van der Waals surface area contributed by atoms with Crippen LogP contribution in [0.1, 0.15) is 29.9 Å². The van der Waals surface area contributed by atoms with Crippen molar-refractivity contribution in [2.75, 3.05) is 46.3 Å². The molecule has 2 N–H and O–H groups in total. The monoisotopic (exact) mass is 553 g/mol. The minimum atomic E-state index is -0.322. The standard InChI is InChI=1S/C23H29FIN5O2/c1-15(14-29-8-6-28(2)7-9-29)27-21(31)11-18-13-26-23(32)20-12-19(22(25)30(18)20)16-4-3-5-17(24)10-16/h3-5,10,12,15,18H,6-9,11,13-14H2,1-2H3,(H,26,32)(H,27,31)/t15-,18-/m0/s1. The zero-order valence-electron chi connectivity index (χ0n) is 18.4. The fraction of sp³-hybridized carbons (Fsp3) is 0.478. The van der Waals surface area contributed by atoms with Gasteiger partial charge < -0.3 is 20.1 Å². The molecule has 172 valence electrons. The molecule has 2 amide bonds. The number of rotatable bonds is 6. The molecule has 9 heteroatoms. The van der Waals surface area contributed by atoms with Gasteiger partial charge in [0, 0.05) is 57.3 Å². The van der Waals surface area contributed by atoms with E-state index in [1.807, 2.05) is 17.6 Å². The molecular formula is C23H29FIN5O2. The first-order chi connectivity index (χ1) is 15.3. The highest BCUT2D eigenvalue weighted by atomic mass is 127. The number of nitrogens with zero attached hydrogens (tertiary/aromatic N) is 3. The van der Waals surface area contributed by atoms with Crippen molar-refractivity contribution in [2.45, 2.75) is 25.4 Å². The number of aromatic nitrogens is 1. The Morgan fingerprint density at radius 1 is 1.28 bits per heavy atom. The molecule has 1 aromatic carbocycles. The summed E-state index contributed by atoms with van der Waals surface area (Å²) >= 11 is 2.19. The van der Waals surface area contributed by atoms with Crippen LogP contribution < -0.4 is 10.6 Å². The van der Waals surface area contributed by atoms with Gasteiger partial charge in [0.15, 0.2) is 0 Å². The summed E-state index contributed by atoms with van der Waals surface area (Å²) in [6, 6.07) is 7.99. The van der Waals surface area contributed by atoms with Crippen LogP contribution in [0.3, 0.4) is 0 Å². The Hall–Kier alpha value is -1.98. The van der Waals surface area contributed by atoms with E-state index < -0.39 is 0 Å². The minimum absolute atomic E-state index is 0.0319. The number of amides is 2. The highest BCUT2D eigenvalue weighted by molar-refractivity contribution is 14.1. The van der Waals surface area contributed by atoms with Crippen molar-refractivity contribution < 1.29 is 14.0 Å². The maximum absolute atomic E-state index is 13.8. The van der Waals surface area contributed by atoms with Gasteiger partial charge in [-0.3, -0.25) is 14.5 Å². The summed E-state index contributed by atoms with van der Waals surface area (Å²) < 4.78 is 16.5. The molecule has 0 bridgehead atoms. The van der Waals surface area contributed by atoms with Crippen LogP contribution in [-0.4, -0.2) is 78.5 Å². The van der Waals surface area contributed by atoms with Gasteiger partial charge in [-0.25, -0.2) is 4.39 Å². The molecular weight excluding hydrogens is 524 g/mol. The fourth-order valence-corrected chi connectivity index (χ4v) is 5.58. The van der Waals surface area contributed by atoms with Gasteiger partial charge in [-0.05, 0) is 60.3 Å². The maximum atomic E-state index is 13.8. The van der Waals surface area contributed by atoms with Gasteiger partial charge in [0.1, 0.15) is 11.5 Å². The summed E-state index contributed by atoms with van der Waals surface area (Å²) in [7, 11) is 2.13. The third-order valence-electron chi connectivity index (χ3n) is 6.16. The van der Waals surface area contributed by atoms with Crippen molar-refractivity contribution >= 4 is 34.4 Å². The zero-order valence-corrected chi connectivity index (χ0v) is 20.6. The fourth-order valence-electron chi connectivity index (χ4n) is 4.46. The zero-order chi connectivity index (χ0) is 22.8. The second-order valence-electron chi connectivity index (χ2n) is 8.75. The number of piperazine rings is 1. The molecule has 0 aliphatic carbocycles. The summed E-state index contributed by atoms with van der Waals surface area (Å²) in [5.74, 6) is -0.529. The predicted molar refractivity (Wildman–Crippen MR) is 130 cm³/mol. The van der Waals surface area contributed by atoms with Gasteiger partial charge in [-0.1, -0.05) is 12.1 Å². The Labute approximate surface area is 201 Å². The highest BCUT2D eigenvalue weighted by Crippen LogP contribution is 2.34. The second-order valence-corrected chi connectivity index (χ2v) is 9.78. The van der Waals surface area contributed by atoms with Crippen LogP contribution in [0.15, 0.2) is 30.3 Å². The Morgan fingerprint density at radius 2 is 2.03 bits per heavy atom. The van der Waals surface area contributed by atoms with Crippen molar-refractivity contribution in [3.05, 3.63) is 45.5 Å². The molecule has 0 saturated carbocycles. The van der Waals surface area contributed by atoms with Crippen LogP contribution in [0.5, 0.6) is 0 Å². The largest absolute Gasteiger partial charge is 0.352 e. The SMILES string of the molecule is C[C@@H](CN1CCN(C)CC1)NC(=O)C[C@H]1CNC(=O)c2cc(-c3cccc(F)c3)c(I)n21. The van der Waals surface area contributed by atoms with E-state index in [1.165, 1.54) is 12.1 Å². The average molecular weight is 553 g/mol. The smallest absolute Gasteiger partial charge is 0.268 e. The first kappa shape index (κ1) is 23.2. The first-order valence-corrected chi connectivity index (χ1v) is 12.0. The molecule has 1 saturated heterocycles. The summed E-state index contributed by atoms with van der Waals surface area (Å²) in [5, 5.41) is 6.01. The number of benzene rings is 1. The molecule has 2 aliphatic rings. The molecule has 0 radical (unpaired) electrons. The Bertz CT molecular complexity index is 1000. The van der Waals surface area contributed by atoms with Gasteiger partial charge in [-0.15, -0.1) is 0 Å². The Kier molecular flexibility index (Phi) is 7.16. The molecule has 2 aromatic rings. The third kappa shape index (κ3) is 5.15. The van der Waals surface area contributed by atoms with Crippen molar-refractivity contribution in [1.29, 1.82) is 0 Å². The van der Waals surface area contributed by atoms with E-state index in [4.69, 9.17) is 0 Å². The number of likely N-dealkylation sites (N-methyl/N-ethyl adjacent to an activating group) is 1. The number of fused-ring (bicyclic) bond motifs is 1. The molecule has 0 spiro atoms. The molecule has 0 unspecified atom stereocenters. The van der Waals surface area contributed by atoms with E-state index in [2.05, 4.69) is 50.1 Å². The number of halogens is 2. The van der Waals surface area contributed by atoms with E-state index in [-0.39, 0.29) is 36.1 Å². The lowest BCUT2D eigenvalue weighted by Gasteiger charge is -2.34. The van der Waals surface area contributed by atoms with Crippen LogP contribution in [0.4, 0.5) is 4.39 Å². The van der Waals surface area contributed by atoms with Gasteiger partial charge in [-0.2, -0.15) is 0 Å². The van der Waals surface area contributed by atoms with E-state index >= 15 is 0 Å². The quantitative estimate of drug-likeness (QED) is 0.540. The van der Waals surface area contributed by atoms with Gasteiger partial charge >= 0.3 is 0 Å². The lowest BCUT2D eigenvalue weighted by Crippen LogP contribution is -2.50.